The Morgan fingerprint density at radius 1 is 1.47 bits per heavy atom. The average Bonchev–Trinajstić information content (AvgIpc) is 2.99. The van der Waals surface area contributed by atoms with E-state index in [9.17, 15) is 9.90 Å². The molecule has 0 amide bonds. The van der Waals surface area contributed by atoms with E-state index in [-0.39, 0.29) is 57.1 Å². The molecule has 2 aromatic rings. The summed E-state index contributed by atoms with van der Waals surface area (Å²) >= 11 is 0. The molecule has 0 aromatic carbocycles. The molecule has 0 radical (unpaired) electrons. The number of hydrogen-bond acceptors (Lipinski definition) is 3. The zero-order valence-corrected chi connectivity index (χ0v) is 13.1. The van der Waals surface area contributed by atoms with Crippen LogP contribution >= 0.6 is 0 Å². The van der Waals surface area contributed by atoms with Gasteiger partial charge in [-0.15, -0.1) is 0 Å². The summed E-state index contributed by atoms with van der Waals surface area (Å²) in [5.41, 5.74) is 2.53. The zero-order valence-electron chi connectivity index (χ0n) is 9.93. The Morgan fingerprint density at radius 2 is 2.18 bits per heavy atom. The maximum absolute atomic E-state index is 11.0. The van der Waals surface area contributed by atoms with Crippen LogP contribution in [0.25, 0.3) is 5.65 Å². The van der Waals surface area contributed by atoms with Crippen LogP contribution in [0, 0.1) is 6.92 Å². The Balaban J connectivity index is 0.00000108. The number of hydrogen-bond donors (Lipinski definition) is 0. The summed E-state index contributed by atoms with van der Waals surface area (Å²) in [5.74, 6) is -0.570. The van der Waals surface area contributed by atoms with Crippen LogP contribution in [0.5, 0.6) is 0 Å². The first-order chi connectivity index (χ1) is 7.66. The number of carboxylic acid groups (broad SMARTS) is 1. The molecule has 1 aliphatic carbocycles. The van der Waals surface area contributed by atoms with E-state index in [0.717, 1.165) is 0 Å². The van der Waals surface area contributed by atoms with Gasteiger partial charge in [-0.1, -0.05) is 6.07 Å². The van der Waals surface area contributed by atoms with E-state index in [1.54, 1.807) is 11.3 Å². The van der Waals surface area contributed by atoms with Crippen molar-refractivity contribution >= 4 is 11.6 Å². The van der Waals surface area contributed by atoms with Crippen LogP contribution < -0.4 is 56.5 Å². The maximum atomic E-state index is 11.0. The SMILES string of the molecule is Cc1nc2ccc(C3CC3)cn2c1C(=O)[O-].[K+]. The minimum absolute atomic E-state index is 0. The first-order valence-electron chi connectivity index (χ1n) is 5.37. The summed E-state index contributed by atoms with van der Waals surface area (Å²) in [5, 5.41) is 11.0. The van der Waals surface area contributed by atoms with Crippen molar-refractivity contribution in [1.82, 2.24) is 9.38 Å². The van der Waals surface area contributed by atoms with E-state index in [4.69, 9.17) is 0 Å². The molecular weight excluding hydrogens is 243 g/mol. The molecule has 17 heavy (non-hydrogen) atoms. The Labute approximate surface area is 141 Å². The number of carboxylic acids is 1. The van der Waals surface area contributed by atoms with Crippen LogP contribution in [0.3, 0.4) is 0 Å². The molecule has 1 saturated carbocycles. The van der Waals surface area contributed by atoms with Crippen molar-refractivity contribution in [2.45, 2.75) is 25.7 Å². The zero-order chi connectivity index (χ0) is 11.3. The number of nitrogens with zero attached hydrogens (tertiary/aromatic N) is 2. The van der Waals surface area contributed by atoms with Gasteiger partial charge in [0.1, 0.15) is 5.65 Å². The molecular formula is C12H11KN2O2. The van der Waals surface area contributed by atoms with Gasteiger partial charge in [-0.2, -0.15) is 0 Å². The molecule has 0 saturated heterocycles. The van der Waals surface area contributed by atoms with Crippen LogP contribution in [0.2, 0.25) is 0 Å². The van der Waals surface area contributed by atoms with Gasteiger partial charge in [0, 0.05) is 6.20 Å². The smallest absolute Gasteiger partial charge is 0.543 e. The molecule has 0 spiro atoms. The molecule has 1 fully saturated rings. The number of fused-ring (bicyclic) bond motifs is 1. The van der Waals surface area contributed by atoms with Crippen molar-refractivity contribution < 1.29 is 61.3 Å². The maximum Gasteiger partial charge on any atom is 1.00 e. The van der Waals surface area contributed by atoms with Crippen LogP contribution in [0.4, 0.5) is 0 Å². The molecule has 0 atom stereocenters. The molecule has 5 heteroatoms. The fourth-order valence-corrected chi connectivity index (χ4v) is 2.08. The van der Waals surface area contributed by atoms with Crippen LogP contribution in [0.1, 0.15) is 40.5 Å². The van der Waals surface area contributed by atoms with Crippen molar-refractivity contribution in [1.29, 1.82) is 0 Å². The number of imidazole rings is 1. The van der Waals surface area contributed by atoms with E-state index in [1.807, 2.05) is 18.3 Å². The van der Waals surface area contributed by atoms with Gasteiger partial charge in [0.05, 0.1) is 17.4 Å². The Morgan fingerprint density at radius 3 is 2.76 bits per heavy atom. The van der Waals surface area contributed by atoms with Crippen molar-refractivity contribution in [3.63, 3.8) is 0 Å². The van der Waals surface area contributed by atoms with Gasteiger partial charge in [-0.05, 0) is 37.3 Å². The van der Waals surface area contributed by atoms with Crippen LogP contribution in [-0.2, 0) is 0 Å². The summed E-state index contributed by atoms with van der Waals surface area (Å²) in [6.07, 6.45) is 4.26. The number of carbonyl (C=O) groups excluding carboxylic acids is 1. The number of rotatable bonds is 2. The van der Waals surface area contributed by atoms with Gasteiger partial charge in [0.2, 0.25) is 0 Å². The molecule has 0 N–H and O–H groups in total. The summed E-state index contributed by atoms with van der Waals surface area (Å²) in [6.45, 7) is 1.69. The number of aryl methyl sites for hydroxylation is 1. The van der Waals surface area contributed by atoms with Crippen LogP contribution in [0.15, 0.2) is 18.3 Å². The van der Waals surface area contributed by atoms with E-state index in [2.05, 4.69) is 4.98 Å². The van der Waals surface area contributed by atoms with Gasteiger partial charge in [0.25, 0.3) is 0 Å². The first-order valence-corrected chi connectivity index (χ1v) is 5.37. The van der Waals surface area contributed by atoms with Gasteiger partial charge in [-0.25, -0.2) is 4.98 Å². The third kappa shape index (κ3) is 2.35. The van der Waals surface area contributed by atoms with Gasteiger partial charge in [-0.3, -0.25) is 4.40 Å². The predicted octanol–water partition coefficient (Wildman–Crippen LogP) is -2.11. The average molecular weight is 254 g/mol. The Hall–Kier alpha value is -0.204. The Kier molecular flexibility index (Phi) is 3.75. The summed E-state index contributed by atoms with van der Waals surface area (Å²) in [4.78, 5) is 15.2. The molecule has 0 unspecified atom stereocenters. The molecule has 2 aromatic heterocycles. The van der Waals surface area contributed by atoms with E-state index in [0.29, 0.717) is 17.3 Å². The van der Waals surface area contributed by atoms with Crippen molar-refractivity contribution in [3.8, 4) is 0 Å². The van der Waals surface area contributed by atoms with Crippen molar-refractivity contribution in [2.75, 3.05) is 0 Å². The van der Waals surface area contributed by atoms with Crippen molar-refractivity contribution in [2.24, 2.45) is 0 Å². The Bertz CT molecular complexity index is 587. The number of aromatic carboxylic acids is 1. The normalized spacial score (nSPS) is 14.6. The minimum Gasteiger partial charge on any atom is -0.543 e. The third-order valence-electron chi connectivity index (χ3n) is 3.06. The summed E-state index contributed by atoms with van der Waals surface area (Å²) < 4.78 is 1.62. The topological polar surface area (TPSA) is 57.4 Å². The largest absolute Gasteiger partial charge is 1.00 e. The van der Waals surface area contributed by atoms with E-state index >= 15 is 0 Å². The fraction of sp³-hybridized carbons (Fsp3) is 0.333. The molecule has 2 heterocycles. The second-order valence-corrected chi connectivity index (χ2v) is 4.30. The second-order valence-electron chi connectivity index (χ2n) is 4.30. The quantitative estimate of drug-likeness (QED) is 0.576. The molecule has 82 valence electrons. The number of aromatic nitrogens is 2. The molecule has 3 rings (SSSR count). The van der Waals surface area contributed by atoms with E-state index < -0.39 is 5.97 Å². The molecule has 4 nitrogen and oxygen atoms in total. The van der Waals surface area contributed by atoms with E-state index in [1.165, 1.54) is 18.4 Å². The third-order valence-corrected chi connectivity index (χ3v) is 3.06. The van der Waals surface area contributed by atoms with Crippen molar-refractivity contribution in [3.05, 3.63) is 35.3 Å². The number of pyridine rings is 1. The molecule has 0 aliphatic heterocycles. The standard InChI is InChI=1S/C12H12N2O2.K/c1-7-11(12(15)16)14-6-9(8-2-3-8)4-5-10(14)13-7;/h4-6,8H,2-3H2,1H3,(H,15,16);/q;+1/p-1. The fourth-order valence-electron chi connectivity index (χ4n) is 2.08. The van der Waals surface area contributed by atoms with Gasteiger partial charge < -0.3 is 9.90 Å². The molecule has 1 aliphatic rings. The number of carbonyl (C=O) groups is 1. The molecule has 0 bridgehead atoms. The first kappa shape index (κ1) is 13.2. The minimum atomic E-state index is -1.17. The monoisotopic (exact) mass is 254 g/mol. The second kappa shape index (κ2) is 4.82. The summed E-state index contributed by atoms with van der Waals surface area (Å²) in [6, 6.07) is 3.89. The predicted molar refractivity (Wildman–Crippen MR) is 56.2 cm³/mol. The van der Waals surface area contributed by atoms with Gasteiger partial charge in [0.15, 0.2) is 0 Å². The van der Waals surface area contributed by atoms with Crippen LogP contribution in [-0.4, -0.2) is 15.4 Å². The summed E-state index contributed by atoms with van der Waals surface area (Å²) in [7, 11) is 0. The van der Waals surface area contributed by atoms with Gasteiger partial charge >= 0.3 is 51.4 Å².